The van der Waals surface area contributed by atoms with E-state index in [1.54, 1.807) is 0 Å². The molecule has 0 aromatic carbocycles. The molecule has 0 aliphatic heterocycles. The first-order chi connectivity index (χ1) is 6.22. The molecule has 3 heteroatoms. The zero-order valence-electron chi connectivity index (χ0n) is 7.94. The monoisotopic (exact) mass is 221 g/mol. The summed E-state index contributed by atoms with van der Waals surface area (Å²) in [6, 6.07) is 0.539. The summed E-state index contributed by atoms with van der Waals surface area (Å²) in [5.74, 6) is 0. The van der Waals surface area contributed by atoms with E-state index >= 15 is 0 Å². The summed E-state index contributed by atoms with van der Waals surface area (Å²) in [7, 11) is 0. The Kier molecular flexibility index (Phi) is 3.07. The maximum Gasteiger partial charge on any atom is 0.110 e. The molecule has 2 aliphatic carbocycles. The van der Waals surface area contributed by atoms with Crippen LogP contribution in [-0.4, -0.2) is 15.5 Å². The minimum atomic E-state index is -0.212. The third-order valence-corrected chi connectivity index (χ3v) is 4.64. The summed E-state index contributed by atoms with van der Waals surface area (Å²) in [6.07, 6.45) is 9.71. The zero-order valence-corrected chi connectivity index (χ0v) is 9.45. The normalized spacial score (nSPS) is 28.8. The van der Waals surface area contributed by atoms with Gasteiger partial charge in [-0.2, -0.15) is 4.42 Å². The average Bonchev–Trinajstić information content (AvgIpc) is 2.73. The van der Waals surface area contributed by atoms with Crippen molar-refractivity contribution in [2.75, 3.05) is 0 Å². The van der Waals surface area contributed by atoms with Gasteiger partial charge in [0.25, 0.3) is 0 Å². The van der Waals surface area contributed by atoms with Gasteiger partial charge in [0.15, 0.2) is 0 Å². The van der Waals surface area contributed by atoms with Gasteiger partial charge in [0.05, 0.1) is 0 Å². The predicted octanol–water partition coefficient (Wildman–Crippen LogP) is 3.89. The number of halogens is 2. The van der Waals surface area contributed by atoms with Gasteiger partial charge in [-0.1, -0.05) is 25.7 Å². The molecule has 2 aliphatic rings. The first-order valence-corrected chi connectivity index (χ1v) is 6.08. The Morgan fingerprint density at radius 2 is 1.54 bits per heavy atom. The van der Waals surface area contributed by atoms with Gasteiger partial charge >= 0.3 is 0 Å². The van der Waals surface area contributed by atoms with Crippen LogP contribution in [0.4, 0.5) is 0 Å². The highest BCUT2D eigenvalue weighted by molar-refractivity contribution is 6.28. The Labute approximate surface area is 90.5 Å². The SMILES string of the molecule is ClN(C1CCCC1)C1(Cl)CCCC1. The maximum atomic E-state index is 6.50. The fourth-order valence-electron chi connectivity index (χ4n) is 2.59. The highest BCUT2D eigenvalue weighted by Crippen LogP contribution is 2.43. The van der Waals surface area contributed by atoms with Crippen molar-refractivity contribution in [1.82, 2.24) is 4.42 Å². The van der Waals surface area contributed by atoms with Crippen LogP contribution in [-0.2, 0) is 0 Å². The van der Waals surface area contributed by atoms with Crippen LogP contribution in [0.1, 0.15) is 51.4 Å². The number of nitrogens with zero attached hydrogens (tertiary/aromatic N) is 1. The summed E-state index contributed by atoms with van der Waals surface area (Å²) in [6.45, 7) is 0. The predicted molar refractivity (Wildman–Crippen MR) is 57.0 cm³/mol. The molecule has 0 aromatic rings. The van der Waals surface area contributed by atoms with Gasteiger partial charge in [0.2, 0.25) is 0 Å². The number of hydrogen-bond acceptors (Lipinski definition) is 1. The van der Waals surface area contributed by atoms with Crippen LogP contribution in [0.25, 0.3) is 0 Å². The largest absolute Gasteiger partial charge is 0.196 e. The van der Waals surface area contributed by atoms with Crippen molar-refractivity contribution in [3.8, 4) is 0 Å². The molecule has 0 bridgehead atoms. The van der Waals surface area contributed by atoms with E-state index in [1.165, 1.54) is 38.5 Å². The summed E-state index contributed by atoms with van der Waals surface area (Å²) in [5, 5.41) is 0. The molecule has 0 spiro atoms. The van der Waals surface area contributed by atoms with Crippen LogP contribution in [0.3, 0.4) is 0 Å². The second-order valence-electron chi connectivity index (χ2n) is 4.37. The average molecular weight is 222 g/mol. The first kappa shape index (κ1) is 10.1. The molecular formula is C10H17Cl2N. The third-order valence-electron chi connectivity index (χ3n) is 3.40. The molecule has 13 heavy (non-hydrogen) atoms. The molecule has 2 rings (SSSR count). The van der Waals surface area contributed by atoms with Crippen molar-refractivity contribution in [1.29, 1.82) is 0 Å². The molecule has 0 atom stereocenters. The smallest absolute Gasteiger partial charge is 0.110 e. The highest BCUT2D eigenvalue weighted by atomic mass is 35.5. The molecule has 0 aromatic heterocycles. The molecule has 0 radical (unpaired) electrons. The van der Waals surface area contributed by atoms with Crippen molar-refractivity contribution in [3.63, 3.8) is 0 Å². The van der Waals surface area contributed by atoms with E-state index in [-0.39, 0.29) is 5.00 Å². The van der Waals surface area contributed by atoms with Crippen LogP contribution < -0.4 is 0 Å². The third kappa shape index (κ3) is 1.98. The van der Waals surface area contributed by atoms with E-state index in [0.717, 1.165) is 12.8 Å². The Hall–Kier alpha value is 0.540. The van der Waals surface area contributed by atoms with Crippen LogP contribution in [0.15, 0.2) is 0 Å². The molecule has 0 saturated heterocycles. The minimum absolute atomic E-state index is 0.212. The summed E-state index contributed by atoms with van der Waals surface area (Å²) < 4.78 is 1.94. The van der Waals surface area contributed by atoms with Crippen molar-refractivity contribution < 1.29 is 0 Å². The number of rotatable bonds is 2. The van der Waals surface area contributed by atoms with Gasteiger partial charge in [0, 0.05) is 6.04 Å². The lowest BCUT2D eigenvalue weighted by Crippen LogP contribution is -2.40. The molecular weight excluding hydrogens is 205 g/mol. The van der Waals surface area contributed by atoms with E-state index in [4.69, 9.17) is 23.4 Å². The topological polar surface area (TPSA) is 3.24 Å². The molecule has 0 unspecified atom stereocenters. The van der Waals surface area contributed by atoms with Gasteiger partial charge in [-0.05, 0) is 37.5 Å². The summed E-state index contributed by atoms with van der Waals surface area (Å²) in [4.78, 5) is -0.212. The van der Waals surface area contributed by atoms with Gasteiger partial charge in [0.1, 0.15) is 5.00 Å². The fraction of sp³-hybridized carbons (Fsp3) is 1.00. The van der Waals surface area contributed by atoms with E-state index in [9.17, 15) is 0 Å². The minimum Gasteiger partial charge on any atom is -0.196 e. The highest BCUT2D eigenvalue weighted by Gasteiger charge is 2.41. The van der Waals surface area contributed by atoms with Gasteiger partial charge in [-0.3, -0.25) is 0 Å². The standard InChI is InChI=1S/C10H17Cl2N/c11-10(7-3-4-8-10)13(12)9-5-1-2-6-9/h9H,1-8H2. The second-order valence-corrected chi connectivity index (χ2v) is 5.44. The lowest BCUT2D eigenvalue weighted by atomic mass is 10.1. The van der Waals surface area contributed by atoms with Crippen LogP contribution in [0, 0.1) is 0 Å². The molecule has 2 saturated carbocycles. The summed E-state index contributed by atoms with van der Waals surface area (Å²) >= 11 is 12.8. The summed E-state index contributed by atoms with van der Waals surface area (Å²) in [5.41, 5.74) is 0. The van der Waals surface area contributed by atoms with Crippen LogP contribution in [0.5, 0.6) is 0 Å². The number of alkyl halides is 1. The maximum absolute atomic E-state index is 6.50. The van der Waals surface area contributed by atoms with E-state index in [2.05, 4.69) is 0 Å². The van der Waals surface area contributed by atoms with Crippen LogP contribution in [0.2, 0.25) is 0 Å². The lowest BCUT2D eigenvalue weighted by Gasteiger charge is -2.34. The molecule has 2 fully saturated rings. The molecule has 76 valence electrons. The Morgan fingerprint density at radius 3 is 2.08 bits per heavy atom. The Balaban J connectivity index is 1.97. The molecule has 0 N–H and O–H groups in total. The first-order valence-electron chi connectivity index (χ1n) is 5.36. The lowest BCUT2D eigenvalue weighted by molar-refractivity contribution is 0.228. The van der Waals surface area contributed by atoms with Crippen molar-refractivity contribution in [2.45, 2.75) is 62.4 Å². The van der Waals surface area contributed by atoms with Gasteiger partial charge < -0.3 is 0 Å². The van der Waals surface area contributed by atoms with Crippen LogP contribution >= 0.6 is 23.4 Å². The Bertz CT molecular complexity index is 172. The van der Waals surface area contributed by atoms with Crippen molar-refractivity contribution in [3.05, 3.63) is 0 Å². The second kappa shape index (κ2) is 3.96. The molecule has 0 heterocycles. The van der Waals surface area contributed by atoms with Gasteiger partial charge in [-0.25, -0.2) is 0 Å². The van der Waals surface area contributed by atoms with Gasteiger partial charge in [-0.15, -0.1) is 11.6 Å². The zero-order chi connectivity index (χ0) is 9.31. The van der Waals surface area contributed by atoms with Crippen molar-refractivity contribution in [2.24, 2.45) is 0 Å². The van der Waals surface area contributed by atoms with E-state index < -0.39 is 0 Å². The molecule has 0 amide bonds. The van der Waals surface area contributed by atoms with E-state index in [0.29, 0.717) is 6.04 Å². The fourth-order valence-corrected chi connectivity index (χ4v) is 3.36. The number of hydrogen-bond donors (Lipinski definition) is 0. The van der Waals surface area contributed by atoms with E-state index in [1.807, 2.05) is 4.42 Å². The molecule has 1 nitrogen and oxygen atoms in total. The quantitative estimate of drug-likeness (QED) is 0.389. The van der Waals surface area contributed by atoms with Crippen molar-refractivity contribution >= 4 is 23.4 Å². The Morgan fingerprint density at radius 1 is 1.00 bits per heavy atom.